The second-order valence-electron chi connectivity index (χ2n) is 7.94. The molecule has 3 rings (SSSR count). The maximum absolute atomic E-state index is 12.9. The van der Waals surface area contributed by atoms with Gasteiger partial charge in [0.25, 0.3) is 0 Å². The molecule has 5 nitrogen and oxygen atoms in total. The lowest BCUT2D eigenvalue weighted by atomic mass is 9.54. The minimum Gasteiger partial charge on any atom is -0.378 e. The molecule has 1 saturated carbocycles. The number of benzene rings is 1. The lowest BCUT2D eigenvalue weighted by Crippen LogP contribution is -2.76. The number of carbonyl (C=O) groups excluding carboxylic acids is 1. The highest BCUT2D eigenvalue weighted by molar-refractivity contribution is 5.89. The summed E-state index contributed by atoms with van der Waals surface area (Å²) in [6.45, 7) is 8.57. The number of anilines is 1. The molecule has 0 aromatic heterocycles. The molecule has 1 aromatic carbocycles. The van der Waals surface area contributed by atoms with E-state index in [9.17, 15) is 4.79 Å². The summed E-state index contributed by atoms with van der Waals surface area (Å²) in [6.07, 6.45) is 2.72. The summed E-state index contributed by atoms with van der Waals surface area (Å²) >= 11 is 0. The van der Waals surface area contributed by atoms with E-state index in [2.05, 4.69) is 34.5 Å². The molecule has 2 fully saturated rings. The molecule has 1 amide bonds. The van der Waals surface area contributed by atoms with Crippen molar-refractivity contribution in [2.24, 2.45) is 11.1 Å². The van der Waals surface area contributed by atoms with Crippen molar-refractivity contribution in [3.05, 3.63) is 30.3 Å². The molecule has 0 spiro atoms. The van der Waals surface area contributed by atoms with Crippen LogP contribution in [0.2, 0.25) is 0 Å². The highest BCUT2D eigenvalue weighted by Crippen LogP contribution is 2.49. The summed E-state index contributed by atoms with van der Waals surface area (Å²) in [5.41, 5.74) is 6.52. The van der Waals surface area contributed by atoms with Gasteiger partial charge in [0, 0.05) is 43.3 Å². The molecule has 0 radical (unpaired) electrons. The smallest absolute Gasteiger partial charge is 0.241 e. The van der Waals surface area contributed by atoms with E-state index in [4.69, 9.17) is 10.5 Å². The van der Waals surface area contributed by atoms with Crippen molar-refractivity contribution in [1.29, 1.82) is 0 Å². The fraction of sp³-hybridized carbons (Fsp3) is 0.650. The van der Waals surface area contributed by atoms with Gasteiger partial charge in [0.05, 0.1) is 6.10 Å². The summed E-state index contributed by atoms with van der Waals surface area (Å²) in [7, 11) is 0. The van der Waals surface area contributed by atoms with Crippen LogP contribution in [0.15, 0.2) is 30.3 Å². The van der Waals surface area contributed by atoms with Crippen molar-refractivity contribution in [2.75, 3.05) is 24.6 Å². The van der Waals surface area contributed by atoms with E-state index in [-0.39, 0.29) is 48.3 Å². The second-order valence-corrected chi connectivity index (χ2v) is 7.94. The maximum atomic E-state index is 12.9. The number of para-hydroxylation sites is 1. The van der Waals surface area contributed by atoms with Crippen LogP contribution in [0.4, 0.5) is 5.69 Å². The van der Waals surface area contributed by atoms with Crippen LogP contribution in [0, 0.1) is 5.41 Å². The van der Waals surface area contributed by atoms with E-state index in [0.717, 1.165) is 25.9 Å². The number of amides is 1. The fourth-order valence-corrected chi connectivity index (χ4v) is 4.10. The van der Waals surface area contributed by atoms with Gasteiger partial charge in [-0.3, -0.25) is 4.79 Å². The Bertz CT molecular complexity index is 615. The molecule has 154 valence electrons. The van der Waals surface area contributed by atoms with Gasteiger partial charge in [-0.1, -0.05) is 32.0 Å². The molecule has 1 aliphatic carbocycles. The normalized spacial score (nSPS) is 29.0. The molecule has 1 aromatic rings. The highest BCUT2D eigenvalue weighted by atomic mass is 35.5. The maximum Gasteiger partial charge on any atom is 0.241 e. The number of nitrogens with one attached hydrogen (secondary N) is 1. The van der Waals surface area contributed by atoms with Gasteiger partial charge in [0.15, 0.2) is 0 Å². The molecule has 3 N–H and O–H groups in total. The van der Waals surface area contributed by atoms with E-state index >= 15 is 0 Å². The molecule has 3 atom stereocenters. The molecule has 1 aliphatic heterocycles. The van der Waals surface area contributed by atoms with Gasteiger partial charge in [-0.05, 0) is 31.9 Å². The van der Waals surface area contributed by atoms with Crippen molar-refractivity contribution in [1.82, 2.24) is 5.32 Å². The van der Waals surface area contributed by atoms with Gasteiger partial charge in [-0.15, -0.1) is 24.8 Å². The lowest BCUT2D eigenvalue weighted by molar-refractivity contribution is -0.171. The van der Waals surface area contributed by atoms with Crippen molar-refractivity contribution in [3.8, 4) is 0 Å². The van der Waals surface area contributed by atoms with Gasteiger partial charge in [0.2, 0.25) is 5.91 Å². The van der Waals surface area contributed by atoms with Crippen LogP contribution < -0.4 is 16.0 Å². The third-order valence-corrected chi connectivity index (χ3v) is 6.11. The zero-order valence-electron chi connectivity index (χ0n) is 16.4. The number of carbonyl (C=O) groups is 1. The predicted octanol–water partition coefficient (Wildman–Crippen LogP) is 3.15. The Balaban J connectivity index is 0.00000182. The molecular weight excluding hydrogens is 385 g/mol. The Morgan fingerprint density at radius 2 is 1.96 bits per heavy atom. The van der Waals surface area contributed by atoms with Crippen LogP contribution in [-0.2, 0) is 9.53 Å². The first kappa shape index (κ1) is 24.0. The number of hydrogen-bond donors (Lipinski definition) is 2. The van der Waals surface area contributed by atoms with Crippen LogP contribution >= 0.6 is 24.8 Å². The average Bonchev–Trinajstić information content (AvgIpc) is 2.62. The fourth-order valence-electron chi connectivity index (χ4n) is 4.10. The Kier molecular flexibility index (Phi) is 8.42. The van der Waals surface area contributed by atoms with Crippen LogP contribution in [0.5, 0.6) is 0 Å². The monoisotopic (exact) mass is 417 g/mol. The average molecular weight is 418 g/mol. The molecule has 1 saturated heterocycles. The first-order valence-electron chi connectivity index (χ1n) is 9.40. The number of halogens is 2. The highest BCUT2D eigenvalue weighted by Gasteiger charge is 2.63. The molecule has 3 unspecified atom stereocenters. The summed E-state index contributed by atoms with van der Waals surface area (Å²) in [5.74, 6) is -0.0339. The zero-order chi connectivity index (χ0) is 18.1. The number of piperidine rings is 1. The number of nitrogens with two attached hydrogens (primary N) is 1. The van der Waals surface area contributed by atoms with E-state index in [1.165, 1.54) is 5.69 Å². The topological polar surface area (TPSA) is 67.6 Å². The lowest BCUT2D eigenvalue weighted by Gasteiger charge is -2.58. The molecule has 1 heterocycles. The standard InChI is InChI=1S/C20H31N3O2.2ClH/c1-4-25-17-13-20(21,19(17,2)3)18(24)22-15-9-8-12-23(14-15)16-10-6-5-7-11-16;;/h5-7,10-11,15,17H,4,8-9,12-14,21H2,1-3H3,(H,22,24);2*1H. The van der Waals surface area contributed by atoms with Crippen molar-refractivity contribution in [2.45, 2.75) is 57.7 Å². The molecular formula is C20H33Cl2N3O2. The van der Waals surface area contributed by atoms with Crippen molar-refractivity contribution >= 4 is 36.4 Å². The van der Waals surface area contributed by atoms with Gasteiger partial charge in [-0.25, -0.2) is 0 Å². The third-order valence-electron chi connectivity index (χ3n) is 6.11. The van der Waals surface area contributed by atoms with E-state index < -0.39 is 5.54 Å². The third kappa shape index (κ3) is 4.53. The second kappa shape index (κ2) is 9.46. The van der Waals surface area contributed by atoms with Crippen molar-refractivity contribution in [3.63, 3.8) is 0 Å². The van der Waals surface area contributed by atoms with Crippen LogP contribution in [0.25, 0.3) is 0 Å². The predicted molar refractivity (Wildman–Crippen MR) is 115 cm³/mol. The van der Waals surface area contributed by atoms with E-state index in [0.29, 0.717) is 13.0 Å². The number of ether oxygens (including phenoxy) is 1. The van der Waals surface area contributed by atoms with E-state index in [1.54, 1.807) is 0 Å². The number of hydrogen-bond acceptors (Lipinski definition) is 4. The summed E-state index contributed by atoms with van der Waals surface area (Å²) in [6, 6.07) is 10.5. The SMILES string of the molecule is CCOC1CC(N)(C(=O)NC2CCCN(c3ccccc3)C2)C1(C)C.Cl.Cl. The Labute approximate surface area is 175 Å². The minimum absolute atomic E-state index is 0. The number of rotatable bonds is 5. The Morgan fingerprint density at radius 1 is 1.30 bits per heavy atom. The number of nitrogens with zero attached hydrogens (tertiary/aromatic N) is 1. The molecule has 27 heavy (non-hydrogen) atoms. The quantitative estimate of drug-likeness (QED) is 0.771. The van der Waals surface area contributed by atoms with Crippen molar-refractivity contribution < 1.29 is 9.53 Å². The molecule has 7 heteroatoms. The Morgan fingerprint density at radius 3 is 2.56 bits per heavy atom. The minimum atomic E-state index is -0.845. The first-order chi connectivity index (χ1) is 11.9. The van der Waals surface area contributed by atoms with Gasteiger partial charge in [0.1, 0.15) is 5.54 Å². The van der Waals surface area contributed by atoms with Crippen LogP contribution in [-0.4, -0.2) is 43.3 Å². The van der Waals surface area contributed by atoms with Gasteiger partial charge in [-0.2, -0.15) is 0 Å². The van der Waals surface area contributed by atoms with Crippen LogP contribution in [0.1, 0.15) is 40.0 Å². The largest absolute Gasteiger partial charge is 0.378 e. The first-order valence-corrected chi connectivity index (χ1v) is 9.40. The Hall–Kier alpha value is -1.01. The summed E-state index contributed by atoms with van der Waals surface area (Å²) in [4.78, 5) is 15.3. The summed E-state index contributed by atoms with van der Waals surface area (Å²) < 4.78 is 5.74. The van der Waals surface area contributed by atoms with Gasteiger partial charge < -0.3 is 20.7 Å². The molecule has 2 aliphatic rings. The van der Waals surface area contributed by atoms with E-state index in [1.807, 2.05) is 26.8 Å². The summed E-state index contributed by atoms with van der Waals surface area (Å²) in [5, 5.41) is 3.22. The molecule has 0 bridgehead atoms. The van der Waals surface area contributed by atoms with Gasteiger partial charge >= 0.3 is 0 Å². The zero-order valence-corrected chi connectivity index (χ0v) is 18.1. The van der Waals surface area contributed by atoms with Crippen LogP contribution in [0.3, 0.4) is 0 Å².